The van der Waals surface area contributed by atoms with E-state index in [2.05, 4.69) is 25.7 Å². The van der Waals surface area contributed by atoms with Gasteiger partial charge < -0.3 is 4.74 Å². The van der Waals surface area contributed by atoms with Crippen molar-refractivity contribution in [3.63, 3.8) is 0 Å². The second kappa shape index (κ2) is 3.95. The summed E-state index contributed by atoms with van der Waals surface area (Å²) in [7, 11) is 0. The summed E-state index contributed by atoms with van der Waals surface area (Å²) in [5, 5.41) is 0. The maximum Gasteiger partial charge on any atom is 0.573 e. The van der Waals surface area contributed by atoms with Crippen LogP contribution in [-0.2, 0) is 0 Å². The van der Waals surface area contributed by atoms with Gasteiger partial charge in [0.05, 0.1) is 16.2 Å². The quantitative estimate of drug-likeness (QED) is 0.775. The average molecular weight is 270 g/mol. The van der Waals surface area contributed by atoms with Crippen molar-refractivity contribution < 1.29 is 22.7 Å². The van der Waals surface area contributed by atoms with Crippen LogP contribution in [0.5, 0.6) is 5.75 Å². The Labute approximate surface area is 85.0 Å². The second-order valence-corrected chi connectivity index (χ2v) is 3.05. The number of aromatic nitrogens is 1. The molecule has 7 heteroatoms. The smallest absolute Gasteiger partial charge is 0.403 e. The molecule has 0 saturated heterocycles. The fourth-order valence-electron chi connectivity index (χ4n) is 0.748. The van der Waals surface area contributed by atoms with Crippen LogP contribution in [0.2, 0.25) is 0 Å². The van der Waals surface area contributed by atoms with Gasteiger partial charge in [-0.15, -0.1) is 13.2 Å². The summed E-state index contributed by atoms with van der Waals surface area (Å²) >= 11 is 2.87. The van der Waals surface area contributed by atoms with Gasteiger partial charge in [-0.1, -0.05) is 0 Å². The Morgan fingerprint density at radius 1 is 1.43 bits per heavy atom. The number of pyridine rings is 1. The number of carbonyl (C=O) groups excluding carboxylic acids is 1. The van der Waals surface area contributed by atoms with Crippen molar-refractivity contribution in [3.8, 4) is 5.75 Å². The molecule has 0 bridgehead atoms. The van der Waals surface area contributed by atoms with Gasteiger partial charge in [-0.3, -0.25) is 9.78 Å². The molecule has 0 aliphatic heterocycles. The summed E-state index contributed by atoms with van der Waals surface area (Å²) in [6, 6.07) is 0. The van der Waals surface area contributed by atoms with E-state index in [1.165, 1.54) is 6.20 Å². The highest BCUT2D eigenvalue weighted by atomic mass is 79.9. The van der Waals surface area contributed by atoms with Gasteiger partial charge in [0.25, 0.3) is 0 Å². The Morgan fingerprint density at radius 2 is 2.07 bits per heavy atom. The highest BCUT2D eigenvalue weighted by Crippen LogP contribution is 2.28. The van der Waals surface area contributed by atoms with Crippen molar-refractivity contribution in [2.75, 3.05) is 0 Å². The molecule has 0 unspecified atom stereocenters. The summed E-state index contributed by atoms with van der Waals surface area (Å²) in [6.07, 6.45) is -2.55. The molecule has 1 heterocycles. The first-order valence-corrected chi connectivity index (χ1v) is 4.08. The van der Waals surface area contributed by atoms with E-state index in [1.54, 1.807) is 0 Å². The number of rotatable bonds is 2. The standard InChI is InChI=1S/C7H3BrF3NO2/c8-5-1-12-2-6(4(5)3-13)14-7(9,10)11/h1-3H. The van der Waals surface area contributed by atoms with Crippen molar-refractivity contribution in [1.82, 2.24) is 4.98 Å². The average Bonchev–Trinajstić information content (AvgIpc) is 2.01. The Kier molecular flexibility index (Phi) is 3.10. The highest BCUT2D eigenvalue weighted by molar-refractivity contribution is 9.10. The van der Waals surface area contributed by atoms with Crippen LogP contribution in [0.1, 0.15) is 10.4 Å². The van der Waals surface area contributed by atoms with Gasteiger partial charge in [0, 0.05) is 6.20 Å². The van der Waals surface area contributed by atoms with Gasteiger partial charge >= 0.3 is 6.36 Å². The number of hydrogen-bond acceptors (Lipinski definition) is 3. The van der Waals surface area contributed by atoms with Crippen LogP contribution in [-0.4, -0.2) is 17.6 Å². The molecule has 14 heavy (non-hydrogen) atoms. The zero-order valence-electron chi connectivity index (χ0n) is 6.51. The molecular weight excluding hydrogens is 267 g/mol. The van der Waals surface area contributed by atoms with Crippen molar-refractivity contribution >= 4 is 22.2 Å². The molecule has 3 nitrogen and oxygen atoms in total. The lowest BCUT2D eigenvalue weighted by Crippen LogP contribution is -2.18. The summed E-state index contributed by atoms with van der Waals surface area (Å²) in [5.41, 5.74) is -0.225. The number of carbonyl (C=O) groups is 1. The van der Waals surface area contributed by atoms with E-state index in [9.17, 15) is 18.0 Å². The van der Waals surface area contributed by atoms with Crippen LogP contribution in [0.3, 0.4) is 0 Å². The van der Waals surface area contributed by atoms with E-state index in [1.807, 2.05) is 0 Å². The molecule has 0 atom stereocenters. The Morgan fingerprint density at radius 3 is 2.57 bits per heavy atom. The Hall–Kier alpha value is -1.11. The van der Waals surface area contributed by atoms with E-state index in [0.29, 0.717) is 0 Å². The van der Waals surface area contributed by atoms with Crippen LogP contribution in [0, 0.1) is 0 Å². The molecule has 0 fully saturated rings. The molecule has 76 valence electrons. The van der Waals surface area contributed by atoms with Gasteiger partial charge in [-0.2, -0.15) is 0 Å². The zero-order chi connectivity index (χ0) is 10.8. The maximum atomic E-state index is 11.8. The van der Waals surface area contributed by atoms with Crippen molar-refractivity contribution in [2.45, 2.75) is 6.36 Å². The minimum Gasteiger partial charge on any atom is -0.403 e. The minimum atomic E-state index is -4.83. The minimum absolute atomic E-state index is 0.147. The molecule has 0 aromatic carbocycles. The lowest BCUT2D eigenvalue weighted by molar-refractivity contribution is -0.274. The van der Waals surface area contributed by atoms with E-state index in [0.717, 1.165) is 6.20 Å². The third kappa shape index (κ3) is 2.69. The van der Waals surface area contributed by atoms with Gasteiger partial charge in [-0.05, 0) is 15.9 Å². The van der Waals surface area contributed by atoms with Gasteiger partial charge in [0.1, 0.15) is 0 Å². The monoisotopic (exact) mass is 269 g/mol. The molecule has 1 aromatic rings. The first-order valence-electron chi connectivity index (χ1n) is 3.28. The van der Waals surface area contributed by atoms with Crippen LogP contribution < -0.4 is 4.74 Å². The van der Waals surface area contributed by atoms with Crippen molar-refractivity contribution in [1.29, 1.82) is 0 Å². The summed E-state index contributed by atoms with van der Waals surface area (Å²) in [5.74, 6) is -0.623. The lowest BCUT2D eigenvalue weighted by atomic mass is 10.3. The number of halogens is 4. The summed E-state index contributed by atoms with van der Waals surface area (Å²) < 4.78 is 39.2. The third-order valence-corrected chi connectivity index (χ3v) is 1.88. The second-order valence-electron chi connectivity index (χ2n) is 2.20. The number of aldehydes is 1. The SMILES string of the molecule is O=Cc1c(Br)cncc1OC(F)(F)F. The van der Waals surface area contributed by atoms with E-state index in [-0.39, 0.29) is 16.3 Å². The molecule has 0 saturated carbocycles. The third-order valence-electron chi connectivity index (χ3n) is 1.25. The summed E-state index contributed by atoms with van der Waals surface area (Å²) in [6.45, 7) is 0. The number of alkyl halides is 3. The maximum absolute atomic E-state index is 11.8. The lowest BCUT2D eigenvalue weighted by Gasteiger charge is -2.10. The largest absolute Gasteiger partial charge is 0.573 e. The fourth-order valence-corrected chi connectivity index (χ4v) is 1.15. The number of hydrogen-bond donors (Lipinski definition) is 0. The van der Waals surface area contributed by atoms with Gasteiger partial charge in [0.2, 0.25) is 0 Å². The van der Waals surface area contributed by atoms with Crippen LogP contribution in [0.15, 0.2) is 16.9 Å². The number of nitrogens with zero attached hydrogens (tertiary/aromatic N) is 1. The predicted molar refractivity (Wildman–Crippen MR) is 44.0 cm³/mol. The first kappa shape index (κ1) is 11.0. The van der Waals surface area contributed by atoms with Crippen molar-refractivity contribution in [2.24, 2.45) is 0 Å². The molecule has 1 rings (SSSR count). The molecule has 0 N–H and O–H groups in total. The van der Waals surface area contributed by atoms with Crippen molar-refractivity contribution in [3.05, 3.63) is 22.4 Å². The molecule has 0 radical (unpaired) electrons. The molecule has 0 amide bonds. The van der Waals surface area contributed by atoms with E-state index < -0.39 is 12.1 Å². The molecule has 0 aliphatic carbocycles. The van der Waals surface area contributed by atoms with Gasteiger partial charge in [-0.25, -0.2) is 0 Å². The predicted octanol–water partition coefficient (Wildman–Crippen LogP) is 2.56. The van der Waals surface area contributed by atoms with E-state index >= 15 is 0 Å². The normalized spacial score (nSPS) is 11.1. The highest BCUT2D eigenvalue weighted by Gasteiger charge is 2.32. The van der Waals surface area contributed by atoms with Crippen LogP contribution in [0.4, 0.5) is 13.2 Å². The Bertz CT molecular complexity index is 353. The number of ether oxygens (including phenoxy) is 1. The topological polar surface area (TPSA) is 39.2 Å². The Balaban J connectivity index is 3.08. The molecular formula is C7H3BrF3NO2. The summed E-state index contributed by atoms with van der Waals surface area (Å²) in [4.78, 5) is 13.9. The molecule has 0 aliphatic rings. The zero-order valence-corrected chi connectivity index (χ0v) is 8.09. The molecule has 0 spiro atoms. The van der Waals surface area contributed by atoms with Crippen LogP contribution >= 0.6 is 15.9 Å². The van der Waals surface area contributed by atoms with Crippen LogP contribution in [0.25, 0.3) is 0 Å². The van der Waals surface area contributed by atoms with E-state index in [4.69, 9.17) is 0 Å². The first-order chi connectivity index (χ1) is 6.44. The van der Waals surface area contributed by atoms with Gasteiger partial charge in [0.15, 0.2) is 12.0 Å². The fraction of sp³-hybridized carbons (Fsp3) is 0.143. The molecule has 1 aromatic heterocycles.